The van der Waals surface area contributed by atoms with E-state index < -0.39 is 6.10 Å². The predicted octanol–water partition coefficient (Wildman–Crippen LogP) is 4.96. The van der Waals surface area contributed by atoms with Gasteiger partial charge in [-0.3, -0.25) is 9.59 Å². The monoisotopic (exact) mass is 350 g/mol. The van der Waals surface area contributed by atoms with Crippen molar-refractivity contribution in [2.45, 2.75) is 90.6 Å². The molecule has 0 saturated heterocycles. The summed E-state index contributed by atoms with van der Waals surface area (Å²) in [7, 11) is 0. The van der Waals surface area contributed by atoms with E-state index in [4.69, 9.17) is 15.9 Å². The van der Waals surface area contributed by atoms with Crippen LogP contribution in [0.1, 0.15) is 84.5 Å². The highest BCUT2D eigenvalue weighted by Gasteiger charge is 2.09. The van der Waals surface area contributed by atoms with Crippen molar-refractivity contribution in [2.75, 3.05) is 6.61 Å². The minimum atomic E-state index is -0.527. The van der Waals surface area contributed by atoms with Gasteiger partial charge in [-0.1, -0.05) is 63.5 Å². The molecule has 0 N–H and O–H groups in total. The maximum Gasteiger partial charge on any atom is 0.307 e. The molecule has 0 saturated carbocycles. The topological polar surface area (TPSA) is 52.6 Å². The Labute approximate surface area is 153 Å². The normalized spacial score (nSPS) is 11.9. The molecule has 0 aliphatic rings. The molecule has 0 amide bonds. The maximum atomic E-state index is 11.5. The zero-order valence-electron chi connectivity index (χ0n) is 15.9. The molecule has 0 aromatic rings. The number of carbonyl (C=O) groups excluding carboxylic acids is 2. The second-order valence-corrected chi connectivity index (χ2v) is 6.22. The van der Waals surface area contributed by atoms with Crippen molar-refractivity contribution in [3.05, 3.63) is 12.2 Å². The molecule has 0 aromatic heterocycles. The van der Waals surface area contributed by atoms with E-state index in [0.29, 0.717) is 13.0 Å². The third-order valence-corrected chi connectivity index (χ3v) is 3.79. The lowest BCUT2D eigenvalue weighted by atomic mass is 10.1. The molecule has 0 aliphatic carbocycles. The van der Waals surface area contributed by atoms with Crippen LogP contribution in [0.3, 0.4) is 0 Å². The standard InChI is InChI=1S/C21H34O4/c1-4-6-7-8-9-10-11-12-13-14-18-24-20(22)16-15-17-21(23)25-19(3)5-2/h2,13-14,19H,4,6-12,15-18H2,1,3H3/b14-13+. The van der Waals surface area contributed by atoms with E-state index in [1.807, 2.05) is 6.08 Å². The highest BCUT2D eigenvalue weighted by Crippen LogP contribution is 2.08. The van der Waals surface area contributed by atoms with Gasteiger partial charge in [-0.15, -0.1) is 6.42 Å². The lowest BCUT2D eigenvalue weighted by molar-refractivity contribution is -0.146. The van der Waals surface area contributed by atoms with E-state index in [9.17, 15) is 9.59 Å². The van der Waals surface area contributed by atoms with Gasteiger partial charge >= 0.3 is 11.9 Å². The summed E-state index contributed by atoms with van der Waals surface area (Å²) in [5, 5.41) is 0. The van der Waals surface area contributed by atoms with Gasteiger partial charge < -0.3 is 9.47 Å². The SMILES string of the molecule is C#CC(C)OC(=O)CCCC(=O)OC/C=C/CCCCCCCCC. The van der Waals surface area contributed by atoms with Gasteiger partial charge in [0.2, 0.25) is 0 Å². The second-order valence-electron chi connectivity index (χ2n) is 6.22. The van der Waals surface area contributed by atoms with Gasteiger partial charge in [0.05, 0.1) is 0 Å². The summed E-state index contributed by atoms with van der Waals surface area (Å²) < 4.78 is 10.0. The molecule has 4 heteroatoms. The largest absolute Gasteiger partial charge is 0.461 e. The third kappa shape index (κ3) is 16.9. The van der Waals surface area contributed by atoms with Crippen LogP contribution in [0, 0.1) is 12.3 Å². The Morgan fingerprint density at radius 3 is 2.28 bits per heavy atom. The Hall–Kier alpha value is -1.76. The van der Waals surface area contributed by atoms with Gasteiger partial charge in [-0.2, -0.15) is 0 Å². The van der Waals surface area contributed by atoms with Crippen LogP contribution in [-0.4, -0.2) is 24.6 Å². The second kappa shape index (κ2) is 17.1. The molecule has 0 fully saturated rings. The van der Waals surface area contributed by atoms with Crippen molar-refractivity contribution in [2.24, 2.45) is 0 Å². The Morgan fingerprint density at radius 1 is 0.960 bits per heavy atom. The van der Waals surface area contributed by atoms with Gasteiger partial charge in [0, 0.05) is 12.8 Å². The Kier molecular flexibility index (Phi) is 15.9. The maximum absolute atomic E-state index is 11.5. The molecule has 0 radical (unpaired) electrons. The van der Waals surface area contributed by atoms with E-state index in [-0.39, 0.29) is 24.8 Å². The molecule has 1 unspecified atom stereocenters. The molecular weight excluding hydrogens is 316 g/mol. The summed E-state index contributed by atoms with van der Waals surface area (Å²) in [5.41, 5.74) is 0. The van der Waals surface area contributed by atoms with Crippen molar-refractivity contribution in [1.29, 1.82) is 0 Å². The van der Waals surface area contributed by atoms with Crippen molar-refractivity contribution < 1.29 is 19.1 Å². The summed E-state index contributed by atoms with van der Waals surface area (Å²) in [6.07, 6.45) is 19.5. The van der Waals surface area contributed by atoms with Crippen molar-refractivity contribution >= 4 is 11.9 Å². The fraction of sp³-hybridized carbons (Fsp3) is 0.714. The van der Waals surface area contributed by atoms with Crippen molar-refractivity contribution in [3.8, 4) is 12.3 Å². The van der Waals surface area contributed by atoms with Gasteiger partial charge in [0.1, 0.15) is 6.61 Å². The van der Waals surface area contributed by atoms with Gasteiger partial charge in [-0.25, -0.2) is 0 Å². The first kappa shape index (κ1) is 23.2. The molecule has 0 spiro atoms. The predicted molar refractivity (Wildman–Crippen MR) is 101 cm³/mol. The highest BCUT2D eigenvalue weighted by atomic mass is 16.5. The molecule has 25 heavy (non-hydrogen) atoms. The number of rotatable bonds is 15. The summed E-state index contributed by atoms with van der Waals surface area (Å²) >= 11 is 0. The first-order chi connectivity index (χ1) is 12.1. The number of terminal acetylenes is 1. The van der Waals surface area contributed by atoms with E-state index in [2.05, 4.69) is 18.9 Å². The lowest BCUT2D eigenvalue weighted by Gasteiger charge is -2.06. The van der Waals surface area contributed by atoms with Gasteiger partial charge in [0.15, 0.2) is 6.10 Å². The summed E-state index contributed by atoms with van der Waals surface area (Å²) in [4.78, 5) is 22.9. The van der Waals surface area contributed by atoms with Crippen LogP contribution in [0.25, 0.3) is 0 Å². The fourth-order valence-corrected chi connectivity index (χ4v) is 2.29. The Bertz CT molecular complexity index is 420. The number of hydrogen-bond donors (Lipinski definition) is 0. The Morgan fingerprint density at radius 2 is 1.60 bits per heavy atom. The molecule has 0 rings (SSSR count). The summed E-state index contributed by atoms with van der Waals surface area (Å²) in [6, 6.07) is 0. The average Bonchev–Trinajstić information content (AvgIpc) is 2.59. The van der Waals surface area contributed by atoms with E-state index in [0.717, 1.165) is 6.42 Å². The number of allylic oxidation sites excluding steroid dienone is 1. The summed E-state index contributed by atoms with van der Waals surface area (Å²) in [5.74, 6) is 1.64. The summed E-state index contributed by atoms with van der Waals surface area (Å²) in [6.45, 7) is 4.16. The number of carbonyl (C=O) groups is 2. The minimum Gasteiger partial charge on any atom is -0.461 e. The molecule has 4 nitrogen and oxygen atoms in total. The van der Waals surface area contributed by atoms with Crippen LogP contribution in [0.2, 0.25) is 0 Å². The molecule has 1 atom stereocenters. The van der Waals surface area contributed by atoms with Crippen LogP contribution < -0.4 is 0 Å². The van der Waals surface area contributed by atoms with Crippen LogP contribution in [0.4, 0.5) is 0 Å². The highest BCUT2D eigenvalue weighted by molar-refractivity contribution is 5.72. The fourth-order valence-electron chi connectivity index (χ4n) is 2.29. The number of unbranched alkanes of at least 4 members (excludes halogenated alkanes) is 7. The van der Waals surface area contributed by atoms with Crippen molar-refractivity contribution in [1.82, 2.24) is 0 Å². The number of ether oxygens (including phenoxy) is 2. The zero-order chi connectivity index (χ0) is 18.8. The zero-order valence-corrected chi connectivity index (χ0v) is 15.9. The van der Waals surface area contributed by atoms with E-state index >= 15 is 0 Å². The van der Waals surface area contributed by atoms with Crippen molar-refractivity contribution in [3.63, 3.8) is 0 Å². The van der Waals surface area contributed by atoms with E-state index in [1.54, 1.807) is 6.92 Å². The quantitative estimate of drug-likeness (QED) is 0.181. The molecular formula is C21H34O4. The third-order valence-electron chi connectivity index (χ3n) is 3.79. The van der Waals surface area contributed by atoms with Crippen LogP contribution in [0.5, 0.6) is 0 Å². The molecule has 0 aromatic carbocycles. The smallest absolute Gasteiger partial charge is 0.307 e. The molecule has 142 valence electrons. The van der Waals surface area contributed by atoms with Crippen LogP contribution in [0.15, 0.2) is 12.2 Å². The number of esters is 2. The van der Waals surface area contributed by atoms with Crippen LogP contribution >= 0.6 is 0 Å². The molecule has 0 aliphatic heterocycles. The lowest BCUT2D eigenvalue weighted by Crippen LogP contribution is -2.13. The average molecular weight is 350 g/mol. The molecule has 0 bridgehead atoms. The first-order valence-corrected chi connectivity index (χ1v) is 9.56. The molecule has 0 heterocycles. The van der Waals surface area contributed by atoms with E-state index in [1.165, 1.54) is 44.9 Å². The number of hydrogen-bond acceptors (Lipinski definition) is 4. The van der Waals surface area contributed by atoms with Gasteiger partial charge in [0.25, 0.3) is 0 Å². The first-order valence-electron chi connectivity index (χ1n) is 9.56. The Balaban J connectivity index is 3.45. The van der Waals surface area contributed by atoms with Gasteiger partial charge in [-0.05, 0) is 26.2 Å². The van der Waals surface area contributed by atoms with Crippen LogP contribution in [-0.2, 0) is 19.1 Å². The minimum absolute atomic E-state index is 0.176.